The van der Waals surface area contributed by atoms with Crippen LogP contribution in [-0.4, -0.2) is 44.5 Å². The van der Waals surface area contributed by atoms with E-state index in [1.807, 2.05) is 43.3 Å². The third-order valence-corrected chi connectivity index (χ3v) is 4.57. The number of nitrogens with two attached hydrogens (primary N) is 1. The zero-order valence-electron chi connectivity index (χ0n) is 14.4. The Kier molecular flexibility index (Phi) is 7.01. The minimum atomic E-state index is -0.166. The van der Waals surface area contributed by atoms with Gasteiger partial charge in [0.25, 0.3) is 0 Å². The highest BCUT2D eigenvalue weighted by Gasteiger charge is 2.17. The molecule has 0 spiro atoms. The van der Waals surface area contributed by atoms with E-state index in [4.69, 9.17) is 16.4 Å². The van der Waals surface area contributed by atoms with Crippen molar-refractivity contribution in [1.82, 2.24) is 19.8 Å². The number of hydrogen-bond donors (Lipinski definition) is 1. The summed E-state index contributed by atoms with van der Waals surface area (Å²) >= 11 is 1.18. The molecule has 0 bridgehead atoms. The molecule has 1 amide bonds. The fourth-order valence-corrected chi connectivity index (χ4v) is 2.98. The molecule has 0 radical (unpaired) electrons. The van der Waals surface area contributed by atoms with E-state index < -0.39 is 0 Å². The van der Waals surface area contributed by atoms with E-state index >= 15 is 0 Å². The molecule has 2 rings (SSSR count). The van der Waals surface area contributed by atoms with Crippen LogP contribution in [0.15, 0.2) is 29.4 Å². The highest BCUT2D eigenvalue weighted by molar-refractivity contribution is 7.99. The van der Waals surface area contributed by atoms with Crippen molar-refractivity contribution >= 4 is 17.7 Å². The molecular weight excluding hydrogens is 350 g/mol. The molecule has 9 heteroatoms. The van der Waals surface area contributed by atoms with Crippen LogP contribution in [0.4, 0.5) is 0 Å². The second-order valence-electron chi connectivity index (χ2n) is 5.53. The molecule has 0 aliphatic rings. The SMILES string of the molecule is Cc1ccc(-c2nnc(SCC(=O)N(CCC#N)CCC#N)n2N)cc1. The number of carbonyl (C=O) groups excluding carboxylic acids is 1. The average molecular weight is 369 g/mol. The van der Waals surface area contributed by atoms with Crippen molar-refractivity contribution < 1.29 is 4.79 Å². The summed E-state index contributed by atoms with van der Waals surface area (Å²) in [4.78, 5) is 13.9. The number of aryl methyl sites for hydroxylation is 1. The molecule has 8 nitrogen and oxygen atoms in total. The Hall–Kier alpha value is -3.04. The summed E-state index contributed by atoms with van der Waals surface area (Å²) in [6, 6.07) is 11.8. The van der Waals surface area contributed by atoms with Gasteiger partial charge in [-0.05, 0) is 6.92 Å². The minimum Gasteiger partial charge on any atom is -0.340 e. The molecule has 1 heterocycles. The van der Waals surface area contributed by atoms with Crippen LogP contribution in [0, 0.1) is 29.6 Å². The second-order valence-corrected chi connectivity index (χ2v) is 6.47. The fraction of sp³-hybridized carbons (Fsp3) is 0.353. The molecule has 134 valence electrons. The van der Waals surface area contributed by atoms with Gasteiger partial charge in [-0.3, -0.25) is 4.79 Å². The Morgan fingerprint density at radius 1 is 1.19 bits per heavy atom. The van der Waals surface area contributed by atoms with Crippen LogP contribution in [0.1, 0.15) is 18.4 Å². The van der Waals surface area contributed by atoms with Crippen molar-refractivity contribution in [3.05, 3.63) is 29.8 Å². The second kappa shape index (κ2) is 9.44. The van der Waals surface area contributed by atoms with E-state index in [1.54, 1.807) is 0 Å². The Labute approximate surface area is 156 Å². The van der Waals surface area contributed by atoms with Crippen molar-refractivity contribution in [2.24, 2.45) is 0 Å². The van der Waals surface area contributed by atoms with Gasteiger partial charge < -0.3 is 10.7 Å². The Bertz CT molecular complexity index is 814. The molecule has 0 atom stereocenters. The lowest BCUT2D eigenvalue weighted by Crippen LogP contribution is -2.34. The van der Waals surface area contributed by atoms with Gasteiger partial charge >= 0.3 is 0 Å². The Morgan fingerprint density at radius 3 is 2.38 bits per heavy atom. The molecule has 0 fully saturated rings. The largest absolute Gasteiger partial charge is 0.340 e. The minimum absolute atomic E-state index is 0.111. The van der Waals surface area contributed by atoms with Crippen LogP contribution in [0.3, 0.4) is 0 Å². The number of nitriles is 2. The van der Waals surface area contributed by atoms with Gasteiger partial charge in [0.1, 0.15) is 0 Å². The van der Waals surface area contributed by atoms with Crippen molar-refractivity contribution in [2.45, 2.75) is 24.9 Å². The number of thioether (sulfide) groups is 1. The predicted octanol–water partition coefficient (Wildman–Crippen LogP) is 1.72. The summed E-state index contributed by atoms with van der Waals surface area (Å²) in [6.45, 7) is 2.61. The van der Waals surface area contributed by atoms with Gasteiger partial charge in [0.2, 0.25) is 11.1 Å². The molecular formula is C17H19N7OS. The van der Waals surface area contributed by atoms with E-state index in [-0.39, 0.29) is 24.5 Å². The number of benzene rings is 1. The lowest BCUT2D eigenvalue weighted by Gasteiger charge is -2.19. The van der Waals surface area contributed by atoms with Gasteiger partial charge in [0.05, 0.1) is 30.7 Å². The van der Waals surface area contributed by atoms with Crippen LogP contribution in [0.25, 0.3) is 11.4 Å². The molecule has 2 N–H and O–H groups in total. The highest BCUT2D eigenvalue weighted by Crippen LogP contribution is 2.22. The first-order valence-corrected chi connectivity index (χ1v) is 8.97. The van der Waals surface area contributed by atoms with Crippen LogP contribution >= 0.6 is 11.8 Å². The van der Waals surface area contributed by atoms with Gasteiger partial charge in [-0.2, -0.15) is 10.5 Å². The van der Waals surface area contributed by atoms with Crippen molar-refractivity contribution in [3.63, 3.8) is 0 Å². The third kappa shape index (κ3) is 4.98. The van der Waals surface area contributed by atoms with Gasteiger partial charge in [-0.1, -0.05) is 41.6 Å². The maximum absolute atomic E-state index is 12.3. The van der Waals surface area contributed by atoms with Gasteiger partial charge in [0, 0.05) is 18.7 Å². The third-order valence-electron chi connectivity index (χ3n) is 3.64. The summed E-state index contributed by atoms with van der Waals surface area (Å²) < 4.78 is 1.36. The van der Waals surface area contributed by atoms with Crippen molar-refractivity contribution in [3.8, 4) is 23.5 Å². The molecule has 0 aliphatic carbocycles. The molecule has 0 unspecified atom stereocenters. The number of aromatic nitrogens is 3. The van der Waals surface area contributed by atoms with Gasteiger partial charge in [-0.25, -0.2) is 4.68 Å². The van der Waals surface area contributed by atoms with E-state index in [2.05, 4.69) is 10.2 Å². The molecule has 26 heavy (non-hydrogen) atoms. The molecule has 0 saturated carbocycles. The zero-order chi connectivity index (χ0) is 18.9. The number of amides is 1. The smallest absolute Gasteiger partial charge is 0.233 e. The van der Waals surface area contributed by atoms with E-state index in [0.717, 1.165) is 11.1 Å². The zero-order valence-corrected chi connectivity index (χ0v) is 15.2. The first-order valence-electron chi connectivity index (χ1n) is 7.98. The summed E-state index contributed by atoms with van der Waals surface area (Å²) in [5.41, 5.74) is 1.97. The normalized spacial score (nSPS) is 10.1. The Balaban J connectivity index is 2.02. The monoisotopic (exact) mass is 369 g/mol. The maximum Gasteiger partial charge on any atom is 0.233 e. The lowest BCUT2D eigenvalue weighted by atomic mass is 10.1. The fourth-order valence-electron chi connectivity index (χ4n) is 2.22. The predicted molar refractivity (Wildman–Crippen MR) is 98.1 cm³/mol. The van der Waals surface area contributed by atoms with Crippen molar-refractivity contribution in [1.29, 1.82) is 10.5 Å². The summed E-state index contributed by atoms with van der Waals surface area (Å²) in [5, 5.41) is 26.0. The number of rotatable bonds is 8. The van der Waals surface area contributed by atoms with E-state index in [0.29, 0.717) is 24.1 Å². The average Bonchev–Trinajstić information content (AvgIpc) is 3.01. The standard InChI is InChI=1S/C17H19N7OS/c1-13-4-6-14(7-5-13)16-21-22-17(24(16)20)26-12-15(25)23(10-2-8-18)11-3-9-19/h4-7H,2-3,10-12,20H2,1H3. The number of hydrogen-bond acceptors (Lipinski definition) is 7. The van der Waals surface area contributed by atoms with Gasteiger partial charge in [0.15, 0.2) is 5.82 Å². The first kappa shape index (κ1) is 19.3. The quantitative estimate of drug-likeness (QED) is 0.554. The number of carbonyl (C=O) groups is 1. The van der Waals surface area contributed by atoms with Crippen LogP contribution in [0.5, 0.6) is 0 Å². The molecule has 0 saturated heterocycles. The topological polar surface area (TPSA) is 125 Å². The van der Waals surface area contributed by atoms with E-state index in [1.165, 1.54) is 21.3 Å². The lowest BCUT2D eigenvalue weighted by molar-refractivity contribution is -0.128. The maximum atomic E-state index is 12.3. The van der Waals surface area contributed by atoms with Crippen molar-refractivity contribution in [2.75, 3.05) is 24.7 Å². The first-order chi connectivity index (χ1) is 12.6. The number of nitrogens with zero attached hydrogens (tertiary/aromatic N) is 6. The number of nitrogen functional groups attached to an aromatic ring is 1. The van der Waals surface area contributed by atoms with E-state index in [9.17, 15) is 4.79 Å². The molecule has 2 aromatic rings. The van der Waals surface area contributed by atoms with Gasteiger partial charge in [-0.15, -0.1) is 10.2 Å². The molecule has 0 aliphatic heterocycles. The summed E-state index contributed by atoms with van der Waals surface area (Å²) in [6.07, 6.45) is 0.457. The van der Waals surface area contributed by atoms with Crippen LogP contribution in [-0.2, 0) is 4.79 Å². The highest BCUT2D eigenvalue weighted by atomic mass is 32.2. The Morgan fingerprint density at radius 2 is 1.81 bits per heavy atom. The van der Waals surface area contributed by atoms with Crippen LogP contribution in [0.2, 0.25) is 0 Å². The molecule has 1 aromatic carbocycles. The summed E-state index contributed by atoms with van der Waals surface area (Å²) in [7, 11) is 0. The molecule has 1 aromatic heterocycles. The van der Waals surface area contributed by atoms with Crippen LogP contribution < -0.4 is 5.84 Å². The summed E-state index contributed by atoms with van der Waals surface area (Å²) in [5.74, 6) is 6.52.